The summed E-state index contributed by atoms with van der Waals surface area (Å²) in [7, 11) is 0. The third-order valence-corrected chi connectivity index (χ3v) is 4.47. The highest BCUT2D eigenvalue weighted by Gasteiger charge is 2.26. The third kappa shape index (κ3) is 4.00. The zero-order chi connectivity index (χ0) is 16.1. The molecule has 1 fully saturated rings. The van der Waals surface area contributed by atoms with Crippen molar-refractivity contribution in [3.63, 3.8) is 0 Å². The van der Waals surface area contributed by atoms with Crippen LogP contribution in [0.25, 0.3) is 0 Å². The number of rotatable bonds is 4. The Morgan fingerprint density at radius 2 is 2.18 bits per heavy atom. The number of carbonyl (C=O) groups is 2. The van der Waals surface area contributed by atoms with Crippen molar-refractivity contribution in [2.24, 2.45) is 0 Å². The number of anilines is 1. The van der Waals surface area contributed by atoms with Gasteiger partial charge >= 0.3 is 5.97 Å². The smallest absolute Gasteiger partial charge is 0.340 e. The number of esters is 1. The molecule has 0 saturated carbocycles. The van der Waals surface area contributed by atoms with Crippen LogP contribution in [0, 0.1) is 0 Å². The van der Waals surface area contributed by atoms with E-state index in [2.05, 4.69) is 22.9 Å². The van der Waals surface area contributed by atoms with Crippen molar-refractivity contribution in [2.45, 2.75) is 38.6 Å². The highest BCUT2D eigenvalue weighted by Crippen LogP contribution is 2.21. The predicted molar refractivity (Wildman–Crippen MR) is 88.5 cm³/mol. The van der Waals surface area contributed by atoms with Crippen LogP contribution in [-0.2, 0) is 9.53 Å². The molecule has 0 aliphatic carbocycles. The van der Waals surface area contributed by atoms with E-state index in [1.165, 1.54) is 0 Å². The summed E-state index contributed by atoms with van der Waals surface area (Å²) in [5.74, 6) is -0.703. The molecule has 1 aliphatic rings. The molecule has 0 bridgehead atoms. The van der Waals surface area contributed by atoms with E-state index in [1.807, 2.05) is 4.90 Å². The summed E-state index contributed by atoms with van der Waals surface area (Å²) < 4.78 is 5.88. The largest absolute Gasteiger partial charge is 0.452 e. The number of carbonyl (C=O) groups excluding carboxylic acids is 2. The van der Waals surface area contributed by atoms with Gasteiger partial charge in [-0.2, -0.15) is 0 Å². The fraction of sp³-hybridized carbons (Fsp3) is 0.500. The van der Waals surface area contributed by atoms with Gasteiger partial charge in [0.25, 0.3) is 5.91 Å². The van der Waals surface area contributed by atoms with Crippen LogP contribution in [-0.4, -0.2) is 36.0 Å². The first-order chi connectivity index (χ1) is 10.5. The Hall–Kier alpha value is -1.56. The van der Waals surface area contributed by atoms with Crippen molar-refractivity contribution in [3.05, 3.63) is 28.2 Å². The molecule has 0 radical (unpaired) electrons. The predicted octanol–water partition coefficient (Wildman–Crippen LogP) is 2.98. The van der Waals surface area contributed by atoms with E-state index in [1.54, 1.807) is 18.2 Å². The van der Waals surface area contributed by atoms with E-state index in [-0.39, 0.29) is 24.1 Å². The van der Waals surface area contributed by atoms with Gasteiger partial charge in [-0.3, -0.25) is 4.79 Å². The molecule has 5 nitrogen and oxygen atoms in total. The van der Waals surface area contributed by atoms with Crippen LogP contribution in [0.1, 0.15) is 43.0 Å². The van der Waals surface area contributed by atoms with Gasteiger partial charge in [-0.15, -0.1) is 0 Å². The first-order valence-electron chi connectivity index (χ1n) is 7.54. The minimum atomic E-state index is -0.572. The quantitative estimate of drug-likeness (QED) is 0.654. The van der Waals surface area contributed by atoms with Crippen LogP contribution in [0.2, 0.25) is 0 Å². The van der Waals surface area contributed by atoms with Crippen molar-refractivity contribution in [3.8, 4) is 0 Å². The Morgan fingerprint density at radius 1 is 1.41 bits per heavy atom. The normalized spacial score (nSPS) is 18.1. The number of ether oxygens (including phenoxy) is 1. The lowest BCUT2D eigenvalue weighted by Gasteiger charge is -2.35. The fourth-order valence-corrected chi connectivity index (χ4v) is 3.11. The van der Waals surface area contributed by atoms with Gasteiger partial charge in [0.05, 0.1) is 5.56 Å². The molecular weight excluding hydrogens is 348 g/mol. The summed E-state index contributed by atoms with van der Waals surface area (Å²) in [5.41, 5.74) is 6.38. The Balaban J connectivity index is 1.95. The van der Waals surface area contributed by atoms with Crippen molar-refractivity contribution < 1.29 is 14.3 Å². The van der Waals surface area contributed by atoms with Crippen LogP contribution in [0.15, 0.2) is 22.7 Å². The second-order valence-electron chi connectivity index (χ2n) is 5.45. The lowest BCUT2D eigenvalue weighted by Crippen LogP contribution is -2.45. The van der Waals surface area contributed by atoms with Gasteiger partial charge in [0.1, 0.15) is 0 Å². The van der Waals surface area contributed by atoms with Gasteiger partial charge in [0.2, 0.25) is 0 Å². The van der Waals surface area contributed by atoms with E-state index in [9.17, 15) is 9.59 Å². The van der Waals surface area contributed by atoms with Gasteiger partial charge in [0, 0.05) is 22.7 Å². The number of hydrogen-bond acceptors (Lipinski definition) is 4. The summed E-state index contributed by atoms with van der Waals surface area (Å²) in [6.07, 6.45) is 4.11. The van der Waals surface area contributed by atoms with E-state index in [4.69, 9.17) is 10.5 Å². The Bertz CT molecular complexity index is 562. The van der Waals surface area contributed by atoms with E-state index in [0.717, 1.165) is 36.7 Å². The van der Waals surface area contributed by atoms with Gasteiger partial charge in [0.15, 0.2) is 6.61 Å². The molecule has 1 atom stereocenters. The summed E-state index contributed by atoms with van der Waals surface area (Å²) in [5, 5.41) is 0. The van der Waals surface area contributed by atoms with E-state index >= 15 is 0 Å². The molecule has 1 heterocycles. The molecule has 2 rings (SSSR count). The highest BCUT2D eigenvalue weighted by atomic mass is 79.9. The van der Waals surface area contributed by atoms with Gasteiger partial charge in [-0.1, -0.05) is 22.9 Å². The second kappa shape index (κ2) is 7.63. The average Bonchev–Trinajstić information content (AvgIpc) is 2.54. The number of hydrogen-bond donors (Lipinski definition) is 1. The molecule has 1 saturated heterocycles. The first-order valence-corrected chi connectivity index (χ1v) is 8.33. The van der Waals surface area contributed by atoms with E-state index < -0.39 is 5.97 Å². The number of piperidine rings is 1. The van der Waals surface area contributed by atoms with Gasteiger partial charge in [-0.05, 0) is 43.9 Å². The summed E-state index contributed by atoms with van der Waals surface area (Å²) in [6.45, 7) is 2.58. The summed E-state index contributed by atoms with van der Waals surface area (Å²) in [4.78, 5) is 26.2. The standard InChI is InChI=1S/C16H21BrN2O3/c1-2-12-5-3-4-8-19(12)15(20)10-22-16(21)13-9-11(17)6-7-14(13)18/h6-7,9,12H,2-5,8,10,18H2,1H3/t12-/m0/s1. The number of likely N-dealkylation sites (tertiary alicyclic amines) is 1. The maximum absolute atomic E-state index is 12.3. The molecule has 1 amide bonds. The monoisotopic (exact) mass is 368 g/mol. The fourth-order valence-electron chi connectivity index (χ4n) is 2.75. The van der Waals surface area contributed by atoms with Crippen molar-refractivity contribution in [1.82, 2.24) is 4.90 Å². The Morgan fingerprint density at radius 3 is 2.91 bits per heavy atom. The van der Waals surface area contributed by atoms with Crippen molar-refractivity contribution >= 4 is 33.5 Å². The zero-order valence-electron chi connectivity index (χ0n) is 12.7. The van der Waals surface area contributed by atoms with Gasteiger partial charge < -0.3 is 15.4 Å². The van der Waals surface area contributed by atoms with Crippen molar-refractivity contribution in [1.29, 1.82) is 0 Å². The SMILES string of the molecule is CC[C@H]1CCCCN1C(=O)COC(=O)c1cc(Br)ccc1N. The minimum Gasteiger partial charge on any atom is -0.452 e. The topological polar surface area (TPSA) is 72.6 Å². The minimum absolute atomic E-state index is 0.131. The number of nitrogen functional groups attached to an aromatic ring is 1. The maximum Gasteiger partial charge on any atom is 0.340 e. The number of halogens is 1. The van der Waals surface area contributed by atoms with Crippen LogP contribution >= 0.6 is 15.9 Å². The highest BCUT2D eigenvalue weighted by molar-refractivity contribution is 9.10. The number of amides is 1. The molecule has 0 aromatic heterocycles. The number of benzene rings is 1. The first kappa shape index (κ1) is 16.8. The molecule has 0 spiro atoms. The zero-order valence-corrected chi connectivity index (χ0v) is 14.3. The molecule has 1 aliphatic heterocycles. The maximum atomic E-state index is 12.3. The molecule has 0 unspecified atom stereocenters. The number of nitrogens with two attached hydrogens (primary N) is 1. The summed E-state index contributed by atoms with van der Waals surface area (Å²) >= 11 is 3.29. The van der Waals surface area contributed by atoms with Gasteiger partial charge in [-0.25, -0.2) is 4.79 Å². The molecule has 120 valence electrons. The molecule has 6 heteroatoms. The lowest BCUT2D eigenvalue weighted by molar-refractivity contribution is -0.138. The molecule has 22 heavy (non-hydrogen) atoms. The molecule has 1 aromatic carbocycles. The van der Waals surface area contributed by atoms with Crippen LogP contribution in [0.3, 0.4) is 0 Å². The molecular formula is C16H21BrN2O3. The van der Waals surface area contributed by atoms with Crippen LogP contribution < -0.4 is 5.73 Å². The lowest BCUT2D eigenvalue weighted by atomic mass is 10.00. The number of nitrogens with zero attached hydrogens (tertiary/aromatic N) is 1. The average molecular weight is 369 g/mol. The van der Waals surface area contributed by atoms with Crippen molar-refractivity contribution in [2.75, 3.05) is 18.9 Å². The van der Waals surface area contributed by atoms with E-state index in [0.29, 0.717) is 5.69 Å². The Labute approximate surface area is 138 Å². The molecule has 2 N–H and O–H groups in total. The second-order valence-corrected chi connectivity index (χ2v) is 6.37. The summed E-state index contributed by atoms with van der Waals surface area (Å²) in [6, 6.07) is 5.23. The molecule has 1 aromatic rings. The van der Waals surface area contributed by atoms with Crippen LogP contribution in [0.5, 0.6) is 0 Å². The van der Waals surface area contributed by atoms with Crippen LogP contribution in [0.4, 0.5) is 5.69 Å². The third-order valence-electron chi connectivity index (χ3n) is 3.98. The Kier molecular flexibility index (Phi) is 5.83.